The van der Waals surface area contributed by atoms with Gasteiger partial charge in [-0.05, 0) is 44.4 Å². The number of hydrogen-bond donors (Lipinski definition) is 1. The first-order chi connectivity index (χ1) is 9.49. The molecule has 0 aliphatic carbocycles. The van der Waals surface area contributed by atoms with E-state index in [2.05, 4.69) is 48.2 Å². The van der Waals surface area contributed by atoms with Gasteiger partial charge in [-0.15, -0.1) is 0 Å². The molecule has 4 nitrogen and oxygen atoms in total. The monoisotopic (exact) mass is 266 g/mol. The normalized spacial score (nSPS) is 10.2. The molecule has 0 saturated carbocycles. The molecule has 0 spiro atoms. The molecule has 1 heterocycles. The molecule has 4 heteroatoms. The minimum absolute atomic E-state index is 0.386. The van der Waals surface area contributed by atoms with Crippen LogP contribution in [0.4, 0.5) is 5.82 Å². The quantitative estimate of drug-likeness (QED) is 0.926. The lowest BCUT2D eigenvalue weighted by Gasteiger charge is -2.13. The van der Waals surface area contributed by atoms with Gasteiger partial charge in [0, 0.05) is 12.6 Å². The Morgan fingerprint density at radius 3 is 2.30 bits per heavy atom. The van der Waals surface area contributed by atoms with Crippen molar-refractivity contribution in [3.05, 3.63) is 52.0 Å². The van der Waals surface area contributed by atoms with E-state index < -0.39 is 0 Å². The van der Waals surface area contributed by atoms with E-state index >= 15 is 0 Å². The fourth-order valence-electron chi connectivity index (χ4n) is 2.38. The number of nitriles is 1. The first kappa shape index (κ1) is 14.0. The lowest BCUT2D eigenvalue weighted by Crippen LogP contribution is -2.07. The molecule has 0 fully saturated rings. The molecule has 0 bridgehead atoms. The average molecular weight is 266 g/mol. The maximum absolute atomic E-state index is 8.92. The summed E-state index contributed by atoms with van der Waals surface area (Å²) in [6.07, 6.45) is 0. The van der Waals surface area contributed by atoms with Crippen LogP contribution >= 0.6 is 0 Å². The molecule has 1 N–H and O–H groups in total. The fourth-order valence-corrected chi connectivity index (χ4v) is 2.38. The molecule has 102 valence electrons. The third kappa shape index (κ3) is 3.12. The van der Waals surface area contributed by atoms with Crippen LogP contribution in [-0.2, 0) is 6.54 Å². The number of hydrogen-bond acceptors (Lipinski definition) is 4. The highest BCUT2D eigenvalue weighted by atomic mass is 15.0. The average Bonchev–Trinajstić information content (AvgIpc) is 2.36. The van der Waals surface area contributed by atoms with Crippen molar-refractivity contribution in [3.63, 3.8) is 0 Å². The standard InChI is InChI=1S/C16H18N4/c1-10-5-11(2)15(12(3)6-10)9-18-16-7-14(8-17)19-13(4)20-16/h5-7H,9H2,1-4H3,(H,18,19,20). The van der Waals surface area contributed by atoms with E-state index in [4.69, 9.17) is 5.26 Å². The third-order valence-electron chi connectivity index (χ3n) is 3.24. The van der Waals surface area contributed by atoms with Gasteiger partial charge in [-0.25, -0.2) is 9.97 Å². The van der Waals surface area contributed by atoms with Gasteiger partial charge in [0.25, 0.3) is 0 Å². The Kier molecular flexibility index (Phi) is 3.99. The van der Waals surface area contributed by atoms with Gasteiger partial charge in [0.2, 0.25) is 0 Å². The van der Waals surface area contributed by atoms with Crippen LogP contribution in [0.3, 0.4) is 0 Å². The highest BCUT2D eigenvalue weighted by Crippen LogP contribution is 2.18. The second-order valence-electron chi connectivity index (χ2n) is 5.03. The van der Waals surface area contributed by atoms with Gasteiger partial charge in [-0.1, -0.05) is 17.7 Å². The van der Waals surface area contributed by atoms with Crippen LogP contribution in [-0.4, -0.2) is 9.97 Å². The molecule has 1 aromatic carbocycles. The Hall–Kier alpha value is -2.41. The van der Waals surface area contributed by atoms with Crippen LogP contribution in [0.5, 0.6) is 0 Å². The molecule has 20 heavy (non-hydrogen) atoms. The van der Waals surface area contributed by atoms with Gasteiger partial charge in [0.15, 0.2) is 0 Å². The van der Waals surface area contributed by atoms with E-state index in [1.54, 1.807) is 13.0 Å². The maximum Gasteiger partial charge on any atom is 0.146 e. The van der Waals surface area contributed by atoms with Crippen molar-refractivity contribution in [2.75, 3.05) is 5.32 Å². The van der Waals surface area contributed by atoms with E-state index in [1.165, 1.54) is 22.3 Å². The number of aryl methyl sites for hydroxylation is 4. The predicted octanol–water partition coefficient (Wildman–Crippen LogP) is 3.19. The molecule has 0 atom stereocenters. The Morgan fingerprint density at radius 1 is 1.05 bits per heavy atom. The second kappa shape index (κ2) is 5.70. The van der Waals surface area contributed by atoms with Crippen molar-refractivity contribution in [2.45, 2.75) is 34.2 Å². The smallest absolute Gasteiger partial charge is 0.146 e. The summed E-state index contributed by atoms with van der Waals surface area (Å²) >= 11 is 0. The first-order valence-corrected chi connectivity index (χ1v) is 6.56. The lowest BCUT2D eigenvalue weighted by molar-refractivity contribution is 1.000. The van der Waals surface area contributed by atoms with Crippen molar-refractivity contribution in [3.8, 4) is 6.07 Å². The fraction of sp³-hybridized carbons (Fsp3) is 0.312. The van der Waals surface area contributed by atoms with Gasteiger partial charge in [0.05, 0.1) is 0 Å². The molecule has 2 aromatic rings. The third-order valence-corrected chi connectivity index (χ3v) is 3.24. The maximum atomic E-state index is 8.92. The Labute approximate surface area is 119 Å². The van der Waals surface area contributed by atoms with Crippen molar-refractivity contribution < 1.29 is 0 Å². The van der Waals surface area contributed by atoms with Crippen LogP contribution in [0, 0.1) is 39.0 Å². The molecule has 2 rings (SSSR count). The molecule has 0 unspecified atom stereocenters. The van der Waals surface area contributed by atoms with Crippen molar-refractivity contribution >= 4 is 5.82 Å². The van der Waals surface area contributed by atoms with Crippen LogP contribution in [0.1, 0.15) is 33.8 Å². The van der Waals surface area contributed by atoms with Gasteiger partial charge in [-0.2, -0.15) is 5.26 Å². The lowest BCUT2D eigenvalue weighted by atomic mass is 10.00. The van der Waals surface area contributed by atoms with Crippen LogP contribution in [0.15, 0.2) is 18.2 Å². The van der Waals surface area contributed by atoms with Gasteiger partial charge < -0.3 is 5.32 Å². The summed E-state index contributed by atoms with van der Waals surface area (Å²) in [4.78, 5) is 8.34. The SMILES string of the molecule is Cc1cc(C)c(CNc2cc(C#N)nc(C)n2)c(C)c1. The summed E-state index contributed by atoms with van der Waals surface area (Å²) in [5.74, 6) is 1.29. The minimum atomic E-state index is 0.386. The number of rotatable bonds is 3. The van der Waals surface area contributed by atoms with E-state index in [-0.39, 0.29) is 0 Å². The Balaban J connectivity index is 2.21. The summed E-state index contributed by atoms with van der Waals surface area (Å²) in [5, 5.41) is 12.2. The zero-order chi connectivity index (χ0) is 14.7. The second-order valence-corrected chi connectivity index (χ2v) is 5.03. The molecular weight excluding hydrogens is 248 g/mol. The van der Waals surface area contributed by atoms with Gasteiger partial charge >= 0.3 is 0 Å². The first-order valence-electron chi connectivity index (χ1n) is 6.56. The number of nitrogens with zero attached hydrogens (tertiary/aromatic N) is 3. The summed E-state index contributed by atoms with van der Waals surface area (Å²) < 4.78 is 0. The van der Waals surface area contributed by atoms with Crippen LogP contribution in [0.25, 0.3) is 0 Å². The van der Waals surface area contributed by atoms with E-state index in [1.807, 2.05) is 6.07 Å². The Morgan fingerprint density at radius 2 is 1.70 bits per heavy atom. The predicted molar refractivity (Wildman–Crippen MR) is 79.5 cm³/mol. The number of benzene rings is 1. The summed E-state index contributed by atoms with van der Waals surface area (Å²) in [7, 11) is 0. The Bertz CT molecular complexity index is 660. The minimum Gasteiger partial charge on any atom is -0.366 e. The number of anilines is 1. The zero-order valence-corrected chi connectivity index (χ0v) is 12.3. The molecule has 0 aliphatic heterocycles. The van der Waals surface area contributed by atoms with Crippen molar-refractivity contribution in [1.29, 1.82) is 5.26 Å². The molecule has 0 amide bonds. The molecule has 1 aromatic heterocycles. The van der Waals surface area contributed by atoms with Crippen LogP contribution < -0.4 is 5.32 Å². The summed E-state index contributed by atoms with van der Waals surface area (Å²) in [6, 6.07) is 8.07. The van der Waals surface area contributed by atoms with Gasteiger partial charge in [0.1, 0.15) is 23.4 Å². The highest BCUT2D eigenvalue weighted by molar-refractivity contribution is 5.44. The topological polar surface area (TPSA) is 61.6 Å². The number of nitrogens with one attached hydrogen (secondary N) is 1. The molecular formula is C16H18N4. The summed E-state index contributed by atoms with van der Waals surface area (Å²) in [5.41, 5.74) is 5.46. The van der Waals surface area contributed by atoms with E-state index in [0.717, 1.165) is 0 Å². The molecule has 0 radical (unpaired) electrons. The number of aromatic nitrogens is 2. The van der Waals surface area contributed by atoms with E-state index in [9.17, 15) is 0 Å². The zero-order valence-electron chi connectivity index (χ0n) is 12.3. The van der Waals surface area contributed by atoms with Crippen molar-refractivity contribution in [1.82, 2.24) is 9.97 Å². The summed E-state index contributed by atoms with van der Waals surface area (Å²) in [6.45, 7) is 8.81. The van der Waals surface area contributed by atoms with E-state index in [0.29, 0.717) is 23.9 Å². The molecule has 0 aliphatic rings. The van der Waals surface area contributed by atoms with Gasteiger partial charge in [-0.3, -0.25) is 0 Å². The largest absolute Gasteiger partial charge is 0.366 e. The molecule has 0 saturated heterocycles. The highest BCUT2D eigenvalue weighted by Gasteiger charge is 2.05. The van der Waals surface area contributed by atoms with Crippen molar-refractivity contribution in [2.24, 2.45) is 0 Å². The van der Waals surface area contributed by atoms with Crippen LogP contribution in [0.2, 0.25) is 0 Å².